The quantitative estimate of drug-likeness (QED) is 0.581. The highest BCUT2D eigenvalue weighted by Gasteiger charge is 2.30. The van der Waals surface area contributed by atoms with Gasteiger partial charge in [-0.1, -0.05) is 6.08 Å². The zero-order chi connectivity index (χ0) is 9.54. The van der Waals surface area contributed by atoms with Crippen LogP contribution in [-0.4, -0.2) is 18.6 Å². The molecule has 3 aliphatic rings. The highest BCUT2D eigenvalue weighted by atomic mass is 15.0. The second kappa shape index (κ2) is 2.73. The number of allylic oxidation sites excluding steroid dienone is 1. The molecule has 0 spiro atoms. The van der Waals surface area contributed by atoms with Gasteiger partial charge in [-0.15, -0.1) is 0 Å². The number of hydrogen-bond acceptors (Lipinski definition) is 3. The van der Waals surface area contributed by atoms with Crippen LogP contribution < -0.4 is 10.6 Å². The Morgan fingerprint density at radius 2 is 2.43 bits per heavy atom. The summed E-state index contributed by atoms with van der Waals surface area (Å²) in [6.07, 6.45) is 7.40. The van der Waals surface area contributed by atoms with Gasteiger partial charge in [-0.25, -0.2) is 0 Å². The summed E-state index contributed by atoms with van der Waals surface area (Å²) in [6.45, 7) is 0.909. The van der Waals surface area contributed by atoms with Gasteiger partial charge in [0.1, 0.15) is 6.04 Å². The maximum Gasteiger partial charge on any atom is 0.121 e. The first-order valence-corrected chi connectivity index (χ1v) is 4.91. The first-order chi connectivity index (χ1) is 6.88. The lowest BCUT2D eigenvalue weighted by Gasteiger charge is -2.30. The molecule has 0 saturated carbocycles. The molecule has 3 nitrogen and oxygen atoms in total. The molecular weight excluding hydrogens is 174 g/mol. The van der Waals surface area contributed by atoms with E-state index in [-0.39, 0.29) is 6.04 Å². The van der Waals surface area contributed by atoms with E-state index < -0.39 is 0 Å². The number of nitrogens with one attached hydrogen (secondary N) is 2. The van der Waals surface area contributed by atoms with Gasteiger partial charge in [0.05, 0.1) is 12.1 Å². The molecule has 14 heavy (non-hydrogen) atoms. The highest BCUT2D eigenvalue weighted by molar-refractivity contribution is 5.51. The van der Waals surface area contributed by atoms with Crippen LogP contribution in [0.2, 0.25) is 0 Å². The molecule has 2 bridgehead atoms. The first-order valence-electron chi connectivity index (χ1n) is 4.91. The van der Waals surface area contributed by atoms with E-state index in [1.807, 2.05) is 0 Å². The topological polar surface area (TPSA) is 47.9 Å². The molecule has 0 aliphatic carbocycles. The lowest BCUT2D eigenvalue weighted by Crippen LogP contribution is -2.41. The van der Waals surface area contributed by atoms with E-state index in [1.165, 1.54) is 11.1 Å². The molecule has 0 radical (unpaired) electrons. The fourth-order valence-electron chi connectivity index (χ4n) is 2.35. The molecule has 3 aliphatic heterocycles. The fraction of sp³-hybridized carbons (Fsp3) is 0.364. The van der Waals surface area contributed by atoms with Gasteiger partial charge in [0.25, 0.3) is 0 Å². The predicted octanol–water partition coefficient (Wildman–Crippen LogP) is 0.594. The standard InChI is InChI=1S/C11H11N3/c12-6-11-9-5-7-1-2-10(14-7)8(9)3-4-13-11/h1-2,5,10-11,13-14H,3-4H2. The van der Waals surface area contributed by atoms with Crippen LogP contribution in [0.15, 0.2) is 35.1 Å². The van der Waals surface area contributed by atoms with Gasteiger partial charge in [-0.2, -0.15) is 5.26 Å². The van der Waals surface area contributed by atoms with Gasteiger partial charge < -0.3 is 5.32 Å². The number of dihydropyridines is 1. The van der Waals surface area contributed by atoms with Gasteiger partial charge in [0.2, 0.25) is 0 Å². The maximum absolute atomic E-state index is 9.01. The molecule has 0 aromatic carbocycles. The number of hydrogen-bond donors (Lipinski definition) is 2. The van der Waals surface area contributed by atoms with Crippen molar-refractivity contribution in [2.24, 2.45) is 0 Å². The van der Waals surface area contributed by atoms with Gasteiger partial charge in [-0.05, 0) is 29.7 Å². The fourth-order valence-corrected chi connectivity index (χ4v) is 2.35. The monoisotopic (exact) mass is 185 g/mol. The number of fused-ring (bicyclic) bond motifs is 3. The van der Waals surface area contributed by atoms with E-state index in [0.29, 0.717) is 6.04 Å². The van der Waals surface area contributed by atoms with Crippen molar-refractivity contribution < 1.29 is 0 Å². The minimum atomic E-state index is -0.113. The molecule has 0 aromatic rings. The smallest absolute Gasteiger partial charge is 0.121 e. The Hall–Kier alpha value is -1.53. The molecule has 0 amide bonds. The first kappa shape index (κ1) is 7.84. The van der Waals surface area contributed by atoms with E-state index in [4.69, 9.17) is 5.26 Å². The molecule has 3 heterocycles. The molecular formula is C11H11N3. The SMILES string of the molecule is N#CC1NCCC2=C1C=C1C=CC2N1. The Morgan fingerprint density at radius 3 is 3.29 bits per heavy atom. The van der Waals surface area contributed by atoms with Gasteiger partial charge >= 0.3 is 0 Å². The molecule has 0 aromatic heterocycles. The summed E-state index contributed by atoms with van der Waals surface area (Å²) in [5.41, 5.74) is 3.70. The zero-order valence-corrected chi connectivity index (χ0v) is 7.75. The van der Waals surface area contributed by atoms with Crippen LogP contribution in [0, 0.1) is 11.3 Å². The zero-order valence-electron chi connectivity index (χ0n) is 7.75. The Kier molecular flexibility index (Phi) is 1.53. The van der Waals surface area contributed by atoms with E-state index >= 15 is 0 Å². The summed E-state index contributed by atoms with van der Waals surface area (Å²) < 4.78 is 0. The lowest BCUT2D eigenvalue weighted by molar-refractivity contribution is 0.579. The van der Waals surface area contributed by atoms with Crippen molar-refractivity contribution in [1.82, 2.24) is 10.6 Å². The number of nitrogens with zero attached hydrogens (tertiary/aromatic N) is 1. The van der Waals surface area contributed by atoms with Crippen molar-refractivity contribution in [3.63, 3.8) is 0 Å². The van der Waals surface area contributed by atoms with Crippen molar-refractivity contribution in [3.05, 3.63) is 35.1 Å². The van der Waals surface area contributed by atoms with E-state index in [0.717, 1.165) is 18.7 Å². The van der Waals surface area contributed by atoms with Gasteiger partial charge in [0, 0.05) is 12.2 Å². The highest BCUT2D eigenvalue weighted by Crippen LogP contribution is 2.30. The van der Waals surface area contributed by atoms with Gasteiger partial charge in [-0.3, -0.25) is 5.32 Å². The van der Waals surface area contributed by atoms with Crippen molar-refractivity contribution in [2.75, 3.05) is 6.54 Å². The molecule has 3 rings (SSSR count). The van der Waals surface area contributed by atoms with Crippen molar-refractivity contribution in [3.8, 4) is 6.07 Å². The summed E-state index contributed by atoms with van der Waals surface area (Å²) in [5.74, 6) is 0. The van der Waals surface area contributed by atoms with E-state index in [1.54, 1.807) is 0 Å². The van der Waals surface area contributed by atoms with Crippen LogP contribution in [0.3, 0.4) is 0 Å². The van der Waals surface area contributed by atoms with Crippen LogP contribution in [0.25, 0.3) is 0 Å². The molecule has 2 unspecified atom stereocenters. The Bertz CT molecular complexity index is 409. The Balaban J connectivity index is 2.09. The number of nitriles is 1. The van der Waals surface area contributed by atoms with Crippen LogP contribution in [0.5, 0.6) is 0 Å². The average Bonchev–Trinajstić information content (AvgIpc) is 2.61. The predicted molar refractivity (Wildman–Crippen MR) is 53.2 cm³/mol. The minimum Gasteiger partial charge on any atom is -0.375 e. The maximum atomic E-state index is 9.01. The molecule has 0 fully saturated rings. The molecule has 2 atom stereocenters. The van der Waals surface area contributed by atoms with E-state index in [2.05, 4.69) is 34.9 Å². The van der Waals surface area contributed by atoms with Gasteiger partial charge in [0.15, 0.2) is 0 Å². The summed E-state index contributed by atoms with van der Waals surface area (Å²) in [4.78, 5) is 0. The normalized spacial score (nSPS) is 33.2. The molecule has 70 valence electrons. The average molecular weight is 185 g/mol. The largest absolute Gasteiger partial charge is 0.375 e. The summed E-state index contributed by atoms with van der Waals surface area (Å²) in [7, 11) is 0. The summed E-state index contributed by atoms with van der Waals surface area (Å²) in [6, 6.07) is 2.54. The third kappa shape index (κ3) is 0.948. The lowest BCUT2D eigenvalue weighted by atomic mass is 9.89. The summed E-state index contributed by atoms with van der Waals surface area (Å²) >= 11 is 0. The van der Waals surface area contributed by atoms with Crippen LogP contribution in [0.4, 0.5) is 0 Å². The van der Waals surface area contributed by atoms with Crippen LogP contribution >= 0.6 is 0 Å². The Morgan fingerprint density at radius 1 is 1.50 bits per heavy atom. The minimum absolute atomic E-state index is 0.113. The Labute approximate surface area is 82.8 Å². The van der Waals surface area contributed by atoms with Crippen LogP contribution in [0.1, 0.15) is 6.42 Å². The van der Waals surface area contributed by atoms with Crippen LogP contribution in [-0.2, 0) is 0 Å². The van der Waals surface area contributed by atoms with E-state index in [9.17, 15) is 0 Å². The second-order valence-corrected chi connectivity index (χ2v) is 3.83. The van der Waals surface area contributed by atoms with Crippen molar-refractivity contribution in [1.29, 1.82) is 5.26 Å². The summed E-state index contributed by atoms with van der Waals surface area (Å²) in [5, 5.41) is 15.6. The second-order valence-electron chi connectivity index (χ2n) is 3.83. The molecule has 3 heteroatoms. The van der Waals surface area contributed by atoms with Crippen molar-refractivity contribution >= 4 is 0 Å². The number of rotatable bonds is 0. The third-order valence-corrected chi connectivity index (χ3v) is 3.03. The molecule has 2 N–H and O–H groups in total. The molecule has 0 saturated heterocycles. The third-order valence-electron chi connectivity index (χ3n) is 3.03. The van der Waals surface area contributed by atoms with Crippen molar-refractivity contribution in [2.45, 2.75) is 18.5 Å².